The number of benzene rings is 1. The van der Waals surface area contributed by atoms with Crippen LogP contribution in [0.5, 0.6) is 0 Å². The summed E-state index contributed by atoms with van der Waals surface area (Å²) in [5, 5.41) is 12.6. The standard InChI is InChI=1S/C22H22N6OS/c23-12-14-3-5-16(11-17(14)24)28-10-7-18-20(22(28)29)30-21(26-18)15-4-6-19(25-13-15)27-8-1-2-9-27/h3-6,11,13,21,26H,1-2,7-10,24H2. The van der Waals surface area contributed by atoms with Crippen molar-refractivity contribution in [3.63, 3.8) is 0 Å². The van der Waals surface area contributed by atoms with Crippen molar-refractivity contribution >= 4 is 34.9 Å². The van der Waals surface area contributed by atoms with Gasteiger partial charge in [0.15, 0.2) is 0 Å². The van der Waals surface area contributed by atoms with Crippen LogP contribution < -0.4 is 20.9 Å². The van der Waals surface area contributed by atoms with Crippen LogP contribution in [0, 0.1) is 11.3 Å². The minimum atomic E-state index is -0.0259. The lowest BCUT2D eigenvalue weighted by Crippen LogP contribution is -2.37. The third-order valence-electron chi connectivity index (χ3n) is 5.81. The van der Waals surface area contributed by atoms with Gasteiger partial charge in [0.05, 0.1) is 16.2 Å². The largest absolute Gasteiger partial charge is 0.398 e. The zero-order valence-corrected chi connectivity index (χ0v) is 17.3. The zero-order chi connectivity index (χ0) is 20.7. The average molecular weight is 419 g/mol. The maximum absolute atomic E-state index is 13.2. The Kier molecular flexibility index (Phi) is 4.75. The van der Waals surface area contributed by atoms with E-state index in [1.807, 2.05) is 6.20 Å². The molecule has 3 aliphatic heterocycles. The zero-order valence-electron chi connectivity index (χ0n) is 16.5. The molecular weight excluding hydrogens is 396 g/mol. The predicted molar refractivity (Wildman–Crippen MR) is 119 cm³/mol. The number of nitrogen functional groups attached to an aromatic ring is 1. The molecule has 152 valence electrons. The van der Waals surface area contributed by atoms with Crippen molar-refractivity contribution in [2.75, 3.05) is 35.2 Å². The minimum absolute atomic E-state index is 0.00920. The molecule has 4 heterocycles. The summed E-state index contributed by atoms with van der Waals surface area (Å²) in [6.45, 7) is 2.72. The number of nitrogens with one attached hydrogen (secondary N) is 1. The summed E-state index contributed by atoms with van der Waals surface area (Å²) in [6.07, 6.45) is 5.12. The smallest absolute Gasteiger partial charge is 0.266 e. The molecule has 1 aromatic heterocycles. The molecule has 1 amide bonds. The highest BCUT2D eigenvalue weighted by Gasteiger charge is 2.36. The Morgan fingerprint density at radius 2 is 2.03 bits per heavy atom. The van der Waals surface area contributed by atoms with Gasteiger partial charge in [-0.05, 0) is 37.1 Å². The normalized spacial score (nSPS) is 20.9. The Hall–Kier alpha value is -3.18. The van der Waals surface area contributed by atoms with Crippen LogP contribution in [0.3, 0.4) is 0 Å². The molecule has 0 spiro atoms. The van der Waals surface area contributed by atoms with Crippen LogP contribution in [-0.4, -0.2) is 30.5 Å². The van der Waals surface area contributed by atoms with Crippen LogP contribution in [0.25, 0.3) is 0 Å². The Morgan fingerprint density at radius 3 is 2.73 bits per heavy atom. The van der Waals surface area contributed by atoms with Crippen LogP contribution in [-0.2, 0) is 4.79 Å². The number of nitriles is 1. The topological polar surface area (TPSA) is 98.3 Å². The summed E-state index contributed by atoms with van der Waals surface area (Å²) < 4.78 is 0. The van der Waals surface area contributed by atoms with Crippen molar-refractivity contribution in [2.24, 2.45) is 0 Å². The van der Waals surface area contributed by atoms with Gasteiger partial charge in [-0.1, -0.05) is 17.8 Å². The van der Waals surface area contributed by atoms with E-state index in [1.54, 1.807) is 34.9 Å². The van der Waals surface area contributed by atoms with E-state index in [-0.39, 0.29) is 11.3 Å². The molecule has 1 unspecified atom stereocenters. The number of carbonyl (C=O) groups excluding carboxylic acids is 1. The maximum Gasteiger partial charge on any atom is 0.266 e. The third kappa shape index (κ3) is 3.25. The first-order chi connectivity index (χ1) is 14.6. The van der Waals surface area contributed by atoms with Gasteiger partial charge in [0.25, 0.3) is 5.91 Å². The maximum atomic E-state index is 13.2. The van der Waals surface area contributed by atoms with Crippen LogP contribution in [0.15, 0.2) is 47.1 Å². The highest BCUT2D eigenvalue weighted by molar-refractivity contribution is 8.04. The Balaban J connectivity index is 1.31. The highest BCUT2D eigenvalue weighted by atomic mass is 32.2. The Morgan fingerprint density at radius 1 is 1.20 bits per heavy atom. The van der Waals surface area contributed by atoms with Crippen LogP contribution in [0.4, 0.5) is 17.2 Å². The van der Waals surface area contributed by atoms with Crippen molar-refractivity contribution in [1.29, 1.82) is 5.26 Å². The first-order valence-corrected chi connectivity index (χ1v) is 11.0. The molecular formula is C22H22N6OS. The molecule has 30 heavy (non-hydrogen) atoms. The van der Waals surface area contributed by atoms with E-state index in [1.165, 1.54) is 12.8 Å². The number of amides is 1. The van der Waals surface area contributed by atoms with Gasteiger partial charge in [-0.15, -0.1) is 0 Å². The van der Waals surface area contributed by atoms with Gasteiger partial charge in [0.2, 0.25) is 0 Å². The monoisotopic (exact) mass is 418 g/mol. The van der Waals surface area contributed by atoms with Gasteiger partial charge in [-0.25, -0.2) is 4.98 Å². The lowest BCUT2D eigenvalue weighted by molar-refractivity contribution is -0.114. The SMILES string of the molecule is N#Cc1ccc(N2CCC3=C(SC(c4ccc(N5CCCC5)nc4)N3)C2=O)cc1N. The van der Waals surface area contributed by atoms with E-state index in [2.05, 4.69) is 33.4 Å². The second-order valence-corrected chi connectivity index (χ2v) is 8.80. The molecule has 1 fully saturated rings. The molecule has 0 aliphatic carbocycles. The lowest BCUT2D eigenvalue weighted by atomic mass is 10.1. The first kappa shape index (κ1) is 18.8. The second kappa shape index (κ2) is 7.58. The summed E-state index contributed by atoms with van der Waals surface area (Å²) in [6, 6.07) is 11.4. The van der Waals surface area contributed by atoms with Crippen molar-refractivity contribution in [2.45, 2.75) is 24.6 Å². The van der Waals surface area contributed by atoms with Crippen LogP contribution >= 0.6 is 11.8 Å². The van der Waals surface area contributed by atoms with E-state index >= 15 is 0 Å². The molecule has 0 bridgehead atoms. The molecule has 3 N–H and O–H groups in total. The summed E-state index contributed by atoms with van der Waals surface area (Å²) in [5.74, 6) is 1.000. The Bertz CT molecular complexity index is 1070. The molecule has 5 rings (SSSR count). The van der Waals surface area contributed by atoms with E-state index in [0.717, 1.165) is 47.2 Å². The third-order valence-corrected chi connectivity index (χ3v) is 7.09. The number of carbonyl (C=O) groups is 1. The number of anilines is 3. The number of aromatic nitrogens is 1. The summed E-state index contributed by atoms with van der Waals surface area (Å²) in [4.78, 5) is 22.6. The van der Waals surface area contributed by atoms with Crippen molar-refractivity contribution < 1.29 is 4.79 Å². The quantitative estimate of drug-likeness (QED) is 0.739. The number of nitrogens with zero attached hydrogens (tertiary/aromatic N) is 4. The predicted octanol–water partition coefficient (Wildman–Crippen LogP) is 3.12. The molecule has 0 radical (unpaired) electrons. The second-order valence-electron chi connectivity index (χ2n) is 7.68. The van der Waals surface area contributed by atoms with Gasteiger partial charge in [0.1, 0.15) is 17.3 Å². The van der Waals surface area contributed by atoms with Gasteiger partial charge in [-0.3, -0.25) is 4.79 Å². The fourth-order valence-corrected chi connectivity index (χ4v) is 5.39. The highest BCUT2D eigenvalue weighted by Crippen LogP contribution is 2.44. The molecule has 2 aromatic rings. The summed E-state index contributed by atoms with van der Waals surface area (Å²) in [5.41, 5.74) is 9.55. The molecule has 0 saturated carbocycles. The molecule has 7 nitrogen and oxygen atoms in total. The van der Waals surface area contributed by atoms with Gasteiger partial charge < -0.3 is 20.9 Å². The molecule has 1 saturated heterocycles. The van der Waals surface area contributed by atoms with Gasteiger partial charge in [0, 0.05) is 49.2 Å². The first-order valence-electron chi connectivity index (χ1n) is 10.1. The fourth-order valence-electron chi connectivity index (χ4n) is 4.16. The minimum Gasteiger partial charge on any atom is -0.398 e. The average Bonchev–Trinajstić information content (AvgIpc) is 3.45. The van der Waals surface area contributed by atoms with Gasteiger partial charge >= 0.3 is 0 Å². The molecule has 3 aliphatic rings. The molecule has 1 aromatic carbocycles. The summed E-state index contributed by atoms with van der Waals surface area (Å²) in [7, 11) is 0. The molecule has 8 heteroatoms. The van der Waals surface area contributed by atoms with E-state index in [4.69, 9.17) is 11.0 Å². The fraction of sp³-hybridized carbons (Fsp3) is 0.318. The number of rotatable bonds is 3. The number of pyridine rings is 1. The number of hydrogen-bond acceptors (Lipinski definition) is 7. The number of nitrogens with two attached hydrogens (primary N) is 1. The number of thioether (sulfide) groups is 1. The summed E-state index contributed by atoms with van der Waals surface area (Å²) >= 11 is 1.54. The van der Waals surface area contributed by atoms with Crippen molar-refractivity contribution in [1.82, 2.24) is 10.3 Å². The lowest BCUT2D eigenvalue weighted by Gasteiger charge is -2.27. The van der Waals surface area contributed by atoms with E-state index in [0.29, 0.717) is 17.8 Å². The van der Waals surface area contributed by atoms with Crippen molar-refractivity contribution in [3.8, 4) is 6.07 Å². The van der Waals surface area contributed by atoms with Crippen molar-refractivity contribution in [3.05, 3.63) is 58.3 Å². The van der Waals surface area contributed by atoms with Crippen LogP contribution in [0.1, 0.15) is 35.8 Å². The Labute approximate surface area is 179 Å². The molecule has 1 atom stereocenters. The number of hydrogen-bond donors (Lipinski definition) is 2. The van der Waals surface area contributed by atoms with E-state index < -0.39 is 0 Å². The van der Waals surface area contributed by atoms with E-state index in [9.17, 15) is 4.79 Å². The van der Waals surface area contributed by atoms with Gasteiger partial charge in [-0.2, -0.15) is 5.26 Å². The van der Waals surface area contributed by atoms with Crippen LogP contribution in [0.2, 0.25) is 0 Å².